The molecule has 0 aliphatic rings. The minimum absolute atomic E-state index is 0.0216. The van der Waals surface area contributed by atoms with Gasteiger partial charge in [0.15, 0.2) is 0 Å². The molecule has 158 valence electrons. The van der Waals surface area contributed by atoms with E-state index in [2.05, 4.69) is 65.8 Å². The first kappa shape index (κ1) is 26.0. The van der Waals surface area contributed by atoms with Gasteiger partial charge in [0.1, 0.15) is 6.10 Å². The van der Waals surface area contributed by atoms with Crippen molar-refractivity contribution in [2.45, 2.75) is 112 Å². The van der Waals surface area contributed by atoms with Gasteiger partial charge in [-0.05, 0) is 49.9 Å². The normalized spacial score (nSPS) is 13.5. The molecule has 0 aliphatic carbocycles. The highest BCUT2D eigenvalue weighted by Gasteiger charge is 2.21. The van der Waals surface area contributed by atoms with Crippen LogP contribution in [0.25, 0.3) is 0 Å². The number of allylic oxidation sites excluding steroid dienone is 4. The molecule has 0 amide bonds. The lowest BCUT2D eigenvalue weighted by molar-refractivity contribution is -0.154. The molecule has 0 N–H and O–H groups in total. The number of hydrogen-bond donors (Lipinski definition) is 0. The van der Waals surface area contributed by atoms with E-state index in [1.54, 1.807) is 0 Å². The van der Waals surface area contributed by atoms with Gasteiger partial charge in [-0.15, -0.1) is 0 Å². The van der Waals surface area contributed by atoms with Crippen LogP contribution in [-0.2, 0) is 9.53 Å². The highest BCUT2D eigenvalue weighted by atomic mass is 16.5. The van der Waals surface area contributed by atoms with E-state index in [0.717, 1.165) is 19.3 Å². The van der Waals surface area contributed by atoms with Crippen molar-refractivity contribution in [2.75, 3.05) is 0 Å². The molecule has 0 heterocycles. The summed E-state index contributed by atoms with van der Waals surface area (Å²) >= 11 is 0. The minimum Gasteiger partial charge on any atom is -0.462 e. The van der Waals surface area contributed by atoms with Crippen molar-refractivity contribution in [1.82, 2.24) is 0 Å². The molecule has 0 fully saturated rings. The van der Waals surface area contributed by atoms with Gasteiger partial charge in [-0.2, -0.15) is 0 Å². The molecule has 0 saturated carbocycles. The molecule has 0 aromatic heterocycles. The molecular formula is C25H46O2. The summed E-state index contributed by atoms with van der Waals surface area (Å²) in [6.07, 6.45) is 20.4. The maximum absolute atomic E-state index is 12.0. The summed E-state index contributed by atoms with van der Waals surface area (Å²) in [7, 11) is 0. The fraction of sp³-hybridized carbons (Fsp3) is 0.800. The number of unbranched alkanes of at least 4 members (excludes halogenated alkanes) is 5. The molecule has 2 nitrogen and oxygen atoms in total. The summed E-state index contributed by atoms with van der Waals surface area (Å²) in [6.45, 7) is 13.0. The Hall–Kier alpha value is -1.05. The van der Waals surface area contributed by atoms with Crippen LogP contribution in [0.2, 0.25) is 0 Å². The molecule has 0 saturated heterocycles. The smallest absolute Gasteiger partial charge is 0.306 e. The summed E-state index contributed by atoms with van der Waals surface area (Å²) in [4.78, 5) is 12.0. The van der Waals surface area contributed by atoms with Gasteiger partial charge in [-0.3, -0.25) is 4.79 Å². The van der Waals surface area contributed by atoms with Crippen LogP contribution in [-0.4, -0.2) is 12.1 Å². The standard InChI is InChI=1S/C25H46O2/c1-7-18-23(6)19-16-14-12-10-8-9-11-13-15-17-20-24(26)27-25(21(2)3)22(4)5/h10,12,16,19,21-23,25H,7-9,11,13-15,17-18,20H2,1-6H3/b12-10+,19-16-. The molecule has 0 radical (unpaired) electrons. The summed E-state index contributed by atoms with van der Waals surface area (Å²) in [6, 6.07) is 0. The molecule has 0 aliphatic heterocycles. The molecule has 0 rings (SSSR count). The summed E-state index contributed by atoms with van der Waals surface area (Å²) in [5.74, 6) is 1.46. The van der Waals surface area contributed by atoms with Crippen molar-refractivity contribution in [3.8, 4) is 0 Å². The van der Waals surface area contributed by atoms with Crippen molar-refractivity contribution in [2.24, 2.45) is 17.8 Å². The first-order valence-electron chi connectivity index (χ1n) is 11.4. The van der Waals surface area contributed by atoms with Gasteiger partial charge in [-0.1, -0.05) is 91.5 Å². The number of carbonyl (C=O) groups is 1. The van der Waals surface area contributed by atoms with Gasteiger partial charge in [0.2, 0.25) is 0 Å². The summed E-state index contributed by atoms with van der Waals surface area (Å²) < 4.78 is 5.64. The van der Waals surface area contributed by atoms with Crippen LogP contribution in [0.15, 0.2) is 24.3 Å². The van der Waals surface area contributed by atoms with Crippen molar-refractivity contribution in [1.29, 1.82) is 0 Å². The van der Waals surface area contributed by atoms with Crippen LogP contribution >= 0.6 is 0 Å². The van der Waals surface area contributed by atoms with Crippen LogP contribution in [0, 0.1) is 17.8 Å². The fourth-order valence-electron chi connectivity index (χ4n) is 3.47. The number of carbonyl (C=O) groups excluding carboxylic acids is 1. The lowest BCUT2D eigenvalue weighted by Crippen LogP contribution is -2.28. The largest absolute Gasteiger partial charge is 0.462 e. The van der Waals surface area contributed by atoms with Gasteiger partial charge in [-0.25, -0.2) is 0 Å². The Morgan fingerprint density at radius 1 is 0.852 bits per heavy atom. The minimum atomic E-state index is -0.0216. The maximum Gasteiger partial charge on any atom is 0.306 e. The quantitative estimate of drug-likeness (QED) is 0.155. The Morgan fingerprint density at radius 3 is 2.11 bits per heavy atom. The highest BCUT2D eigenvalue weighted by Crippen LogP contribution is 2.18. The molecule has 1 unspecified atom stereocenters. The number of ether oxygens (including phenoxy) is 1. The first-order chi connectivity index (χ1) is 12.9. The lowest BCUT2D eigenvalue weighted by Gasteiger charge is -2.24. The third-order valence-electron chi connectivity index (χ3n) is 4.98. The third-order valence-corrected chi connectivity index (χ3v) is 4.98. The zero-order valence-electron chi connectivity index (χ0n) is 19.0. The number of esters is 1. The van der Waals surface area contributed by atoms with Crippen LogP contribution in [0.3, 0.4) is 0 Å². The van der Waals surface area contributed by atoms with Gasteiger partial charge < -0.3 is 4.74 Å². The van der Waals surface area contributed by atoms with Crippen molar-refractivity contribution < 1.29 is 9.53 Å². The summed E-state index contributed by atoms with van der Waals surface area (Å²) in [5.41, 5.74) is 0. The van der Waals surface area contributed by atoms with E-state index in [9.17, 15) is 4.79 Å². The van der Waals surface area contributed by atoms with Crippen molar-refractivity contribution in [3.63, 3.8) is 0 Å². The second-order valence-electron chi connectivity index (χ2n) is 8.65. The average Bonchev–Trinajstić information content (AvgIpc) is 2.60. The van der Waals surface area contributed by atoms with Gasteiger partial charge >= 0.3 is 5.97 Å². The van der Waals surface area contributed by atoms with Crippen molar-refractivity contribution in [3.05, 3.63) is 24.3 Å². The van der Waals surface area contributed by atoms with Crippen LogP contribution in [0.1, 0.15) is 106 Å². The van der Waals surface area contributed by atoms with E-state index < -0.39 is 0 Å². The van der Waals surface area contributed by atoms with E-state index in [1.165, 1.54) is 38.5 Å². The van der Waals surface area contributed by atoms with Gasteiger partial charge in [0.05, 0.1) is 0 Å². The van der Waals surface area contributed by atoms with Crippen molar-refractivity contribution >= 4 is 5.97 Å². The average molecular weight is 379 g/mol. The molecule has 0 spiro atoms. The highest BCUT2D eigenvalue weighted by molar-refractivity contribution is 5.69. The lowest BCUT2D eigenvalue weighted by atomic mass is 9.96. The Kier molecular flexibility index (Phi) is 16.4. The Balaban J connectivity index is 3.59. The topological polar surface area (TPSA) is 26.3 Å². The fourth-order valence-corrected chi connectivity index (χ4v) is 3.47. The van der Waals surface area contributed by atoms with E-state index in [0.29, 0.717) is 24.2 Å². The van der Waals surface area contributed by atoms with E-state index in [1.807, 2.05) is 0 Å². The van der Waals surface area contributed by atoms with Gasteiger partial charge in [0.25, 0.3) is 0 Å². The molecule has 0 bridgehead atoms. The molecule has 0 aromatic rings. The molecule has 27 heavy (non-hydrogen) atoms. The Bertz CT molecular complexity index is 399. The monoisotopic (exact) mass is 378 g/mol. The molecule has 1 atom stereocenters. The van der Waals surface area contributed by atoms with E-state index in [-0.39, 0.29) is 12.1 Å². The zero-order chi connectivity index (χ0) is 20.5. The number of rotatable bonds is 16. The molecular weight excluding hydrogens is 332 g/mol. The van der Waals surface area contributed by atoms with Crippen LogP contribution in [0.5, 0.6) is 0 Å². The maximum atomic E-state index is 12.0. The van der Waals surface area contributed by atoms with Crippen LogP contribution < -0.4 is 0 Å². The Morgan fingerprint density at radius 2 is 1.48 bits per heavy atom. The zero-order valence-corrected chi connectivity index (χ0v) is 19.0. The third kappa shape index (κ3) is 15.7. The SMILES string of the molecule is CCCC(C)/C=C\C/C=C/CCCCCCCC(=O)OC(C(C)C)C(C)C. The predicted octanol–water partition coefficient (Wildman–Crippen LogP) is 7.88. The summed E-state index contributed by atoms with van der Waals surface area (Å²) in [5, 5.41) is 0. The second kappa shape index (κ2) is 17.1. The molecule has 2 heteroatoms. The number of hydrogen-bond acceptors (Lipinski definition) is 2. The molecule has 0 aromatic carbocycles. The second-order valence-corrected chi connectivity index (χ2v) is 8.65. The van der Waals surface area contributed by atoms with E-state index >= 15 is 0 Å². The predicted molar refractivity (Wildman–Crippen MR) is 119 cm³/mol. The van der Waals surface area contributed by atoms with E-state index in [4.69, 9.17) is 4.74 Å². The van der Waals surface area contributed by atoms with Gasteiger partial charge in [0, 0.05) is 6.42 Å². The van der Waals surface area contributed by atoms with Crippen LogP contribution in [0.4, 0.5) is 0 Å². The Labute approximate surface area is 169 Å². The first-order valence-corrected chi connectivity index (χ1v) is 11.4.